The lowest BCUT2D eigenvalue weighted by Crippen LogP contribution is -2.30. The first-order valence-corrected chi connectivity index (χ1v) is 6.25. The number of amides is 1. The fourth-order valence-electron chi connectivity index (χ4n) is 1.52. The van der Waals surface area contributed by atoms with Gasteiger partial charge >= 0.3 is 0 Å². The van der Waals surface area contributed by atoms with Crippen LogP contribution < -0.4 is 10.6 Å². The molecule has 1 amide bonds. The predicted octanol–water partition coefficient (Wildman–Crippen LogP) is 2.56. The largest absolute Gasteiger partial charge is 0.373 e. The number of nitrogens with zero attached hydrogens (tertiary/aromatic N) is 1. The van der Waals surface area contributed by atoms with Crippen molar-refractivity contribution < 1.29 is 4.79 Å². The number of nitrogens with one attached hydrogen (secondary N) is 2. The fraction of sp³-hybridized carbons (Fsp3) is 0.571. The molecule has 18 heavy (non-hydrogen) atoms. The van der Waals surface area contributed by atoms with E-state index in [4.69, 9.17) is 0 Å². The normalized spacial score (nSPS) is 11.5. The van der Waals surface area contributed by atoms with E-state index < -0.39 is 0 Å². The molecule has 1 aromatic heterocycles. The third-order valence-electron chi connectivity index (χ3n) is 2.53. The van der Waals surface area contributed by atoms with Gasteiger partial charge < -0.3 is 10.6 Å². The molecule has 0 fully saturated rings. The smallest absolute Gasteiger partial charge is 0.251 e. The van der Waals surface area contributed by atoms with Crippen molar-refractivity contribution in [1.82, 2.24) is 10.3 Å². The number of rotatable bonds is 3. The Labute approximate surface area is 109 Å². The highest BCUT2D eigenvalue weighted by Crippen LogP contribution is 2.23. The zero-order chi connectivity index (χ0) is 13.9. The van der Waals surface area contributed by atoms with E-state index in [1.807, 2.05) is 19.9 Å². The Morgan fingerprint density at radius 3 is 2.33 bits per heavy atom. The van der Waals surface area contributed by atoms with Gasteiger partial charge in [-0.25, -0.2) is 4.98 Å². The van der Waals surface area contributed by atoms with E-state index in [1.54, 1.807) is 13.1 Å². The van der Waals surface area contributed by atoms with Gasteiger partial charge in [0.1, 0.15) is 5.82 Å². The summed E-state index contributed by atoms with van der Waals surface area (Å²) in [5, 5.41) is 5.89. The van der Waals surface area contributed by atoms with E-state index in [0.717, 1.165) is 11.5 Å². The standard InChI is InChI=1S/C14H23N3O/c1-9(2)16-13(18)10-7-11(14(3,4)5)17-12(8-10)15-6/h7-9H,1-6H3,(H,15,17)(H,16,18). The summed E-state index contributed by atoms with van der Waals surface area (Å²) in [6.07, 6.45) is 0. The first-order chi connectivity index (χ1) is 8.24. The zero-order valence-corrected chi connectivity index (χ0v) is 12.1. The van der Waals surface area contributed by atoms with E-state index >= 15 is 0 Å². The molecule has 1 heterocycles. The monoisotopic (exact) mass is 249 g/mol. The fourth-order valence-corrected chi connectivity index (χ4v) is 1.52. The summed E-state index contributed by atoms with van der Waals surface area (Å²) in [5.41, 5.74) is 1.47. The average molecular weight is 249 g/mol. The van der Waals surface area contributed by atoms with Crippen LogP contribution in [0.25, 0.3) is 0 Å². The van der Waals surface area contributed by atoms with Crippen LogP contribution in [0.5, 0.6) is 0 Å². The maximum absolute atomic E-state index is 12.0. The molecule has 0 aliphatic rings. The zero-order valence-electron chi connectivity index (χ0n) is 12.1. The number of pyridine rings is 1. The second-order valence-electron chi connectivity index (χ2n) is 5.75. The minimum Gasteiger partial charge on any atom is -0.373 e. The van der Waals surface area contributed by atoms with Gasteiger partial charge in [0.2, 0.25) is 0 Å². The molecule has 1 aromatic rings. The van der Waals surface area contributed by atoms with E-state index in [2.05, 4.69) is 36.4 Å². The van der Waals surface area contributed by atoms with Crippen molar-refractivity contribution in [1.29, 1.82) is 0 Å². The van der Waals surface area contributed by atoms with Crippen molar-refractivity contribution in [2.45, 2.75) is 46.1 Å². The Morgan fingerprint density at radius 1 is 1.28 bits per heavy atom. The highest BCUT2D eigenvalue weighted by molar-refractivity contribution is 5.95. The molecule has 0 aliphatic heterocycles. The number of carbonyl (C=O) groups is 1. The number of anilines is 1. The van der Waals surface area contributed by atoms with E-state index in [1.165, 1.54) is 0 Å². The van der Waals surface area contributed by atoms with Gasteiger partial charge in [0.05, 0.1) is 0 Å². The molecule has 4 nitrogen and oxygen atoms in total. The molecule has 0 saturated carbocycles. The lowest BCUT2D eigenvalue weighted by molar-refractivity contribution is 0.0943. The van der Waals surface area contributed by atoms with Crippen LogP contribution in [0.3, 0.4) is 0 Å². The van der Waals surface area contributed by atoms with Crippen molar-refractivity contribution in [3.8, 4) is 0 Å². The van der Waals surface area contributed by atoms with Gasteiger partial charge in [-0.15, -0.1) is 0 Å². The van der Waals surface area contributed by atoms with Crippen LogP contribution in [0.1, 0.15) is 50.7 Å². The Morgan fingerprint density at radius 2 is 1.89 bits per heavy atom. The summed E-state index contributed by atoms with van der Waals surface area (Å²) >= 11 is 0. The molecular formula is C14H23N3O. The van der Waals surface area contributed by atoms with Gasteiger partial charge in [0, 0.05) is 29.8 Å². The highest BCUT2D eigenvalue weighted by Gasteiger charge is 2.19. The molecule has 100 valence electrons. The van der Waals surface area contributed by atoms with E-state index in [-0.39, 0.29) is 17.4 Å². The summed E-state index contributed by atoms with van der Waals surface area (Å²) < 4.78 is 0. The van der Waals surface area contributed by atoms with Crippen molar-refractivity contribution in [3.05, 3.63) is 23.4 Å². The third-order valence-corrected chi connectivity index (χ3v) is 2.53. The molecule has 0 aliphatic carbocycles. The SMILES string of the molecule is CNc1cc(C(=O)NC(C)C)cc(C(C)(C)C)n1. The number of carbonyl (C=O) groups excluding carboxylic acids is 1. The second-order valence-corrected chi connectivity index (χ2v) is 5.75. The summed E-state index contributed by atoms with van der Waals surface area (Å²) in [6, 6.07) is 3.76. The lowest BCUT2D eigenvalue weighted by Gasteiger charge is -2.20. The van der Waals surface area contributed by atoms with Gasteiger partial charge in [0.25, 0.3) is 5.91 Å². The number of aromatic nitrogens is 1. The molecule has 0 aromatic carbocycles. The molecule has 0 unspecified atom stereocenters. The molecular weight excluding hydrogens is 226 g/mol. The minimum atomic E-state index is -0.0836. The van der Waals surface area contributed by atoms with Crippen LogP contribution in [0.2, 0.25) is 0 Å². The number of hydrogen-bond donors (Lipinski definition) is 2. The molecule has 0 atom stereocenters. The van der Waals surface area contributed by atoms with Crippen LogP contribution in [-0.4, -0.2) is 24.0 Å². The topological polar surface area (TPSA) is 54.0 Å². The van der Waals surface area contributed by atoms with Crippen LogP contribution in [0.4, 0.5) is 5.82 Å². The van der Waals surface area contributed by atoms with Gasteiger partial charge in [-0.1, -0.05) is 20.8 Å². The first kappa shape index (κ1) is 14.5. The second kappa shape index (κ2) is 5.38. The molecule has 2 N–H and O–H groups in total. The van der Waals surface area contributed by atoms with Gasteiger partial charge in [-0.2, -0.15) is 0 Å². The molecule has 0 spiro atoms. The third kappa shape index (κ3) is 3.72. The maximum atomic E-state index is 12.0. The summed E-state index contributed by atoms with van der Waals surface area (Å²) in [4.78, 5) is 16.5. The van der Waals surface area contributed by atoms with Crippen LogP contribution in [0, 0.1) is 0 Å². The van der Waals surface area contributed by atoms with Crippen molar-refractivity contribution in [3.63, 3.8) is 0 Å². The van der Waals surface area contributed by atoms with Gasteiger partial charge in [-0.05, 0) is 26.0 Å². The molecule has 1 rings (SSSR count). The van der Waals surface area contributed by atoms with Gasteiger partial charge in [-0.3, -0.25) is 4.79 Å². The van der Waals surface area contributed by atoms with Crippen LogP contribution in [0.15, 0.2) is 12.1 Å². The highest BCUT2D eigenvalue weighted by atomic mass is 16.1. The maximum Gasteiger partial charge on any atom is 0.251 e. The quantitative estimate of drug-likeness (QED) is 0.865. The summed E-state index contributed by atoms with van der Waals surface area (Å²) in [7, 11) is 1.80. The minimum absolute atomic E-state index is 0.0607. The average Bonchev–Trinajstić information content (AvgIpc) is 2.26. The van der Waals surface area contributed by atoms with Crippen LogP contribution >= 0.6 is 0 Å². The molecule has 0 saturated heterocycles. The molecule has 4 heteroatoms. The van der Waals surface area contributed by atoms with Crippen molar-refractivity contribution in [2.75, 3.05) is 12.4 Å². The predicted molar refractivity (Wildman–Crippen MR) is 75.1 cm³/mol. The van der Waals surface area contributed by atoms with E-state index in [9.17, 15) is 4.79 Å². The Kier molecular flexibility index (Phi) is 4.33. The Hall–Kier alpha value is -1.58. The lowest BCUT2D eigenvalue weighted by atomic mass is 9.90. The molecule has 0 radical (unpaired) electrons. The first-order valence-electron chi connectivity index (χ1n) is 6.25. The van der Waals surface area contributed by atoms with Crippen molar-refractivity contribution >= 4 is 11.7 Å². The van der Waals surface area contributed by atoms with E-state index in [0.29, 0.717) is 5.56 Å². The Bertz CT molecular complexity index is 433. The summed E-state index contributed by atoms with van der Waals surface area (Å²) in [5.74, 6) is 0.658. The van der Waals surface area contributed by atoms with Gasteiger partial charge in [0.15, 0.2) is 0 Å². The van der Waals surface area contributed by atoms with Crippen molar-refractivity contribution in [2.24, 2.45) is 0 Å². The number of hydrogen-bond acceptors (Lipinski definition) is 3. The Balaban J connectivity index is 3.16. The summed E-state index contributed by atoms with van der Waals surface area (Å²) in [6.45, 7) is 10.1. The van der Waals surface area contributed by atoms with Crippen LogP contribution in [-0.2, 0) is 5.41 Å². The molecule has 0 bridgehead atoms.